The van der Waals surface area contributed by atoms with Crippen molar-refractivity contribution >= 4 is 6.03 Å². The van der Waals surface area contributed by atoms with Gasteiger partial charge in [0, 0.05) is 25.0 Å². The van der Waals surface area contributed by atoms with Gasteiger partial charge in [0.05, 0.1) is 6.10 Å². The molecule has 1 heterocycles. The SMILES string of the molecule is CC(O)C1CCN(C(=O)NC2CCC2)C1. The van der Waals surface area contributed by atoms with Gasteiger partial charge >= 0.3 is 6.03 Å². The molecule has 2 rings (SSSR count). The van der Waals surface area contributed by atoms with Gasteiger partial charge in [-0.05, 0) is 32.6 Å². The molecule has 2 atom stereocenters. The van der Waals surface area contributed by atoms with E-state index in [1.165, 1.54) is 6.42 Å². The standard InChI is InChI=1S/C11H20N2O2/c1-8(14)9-5-6-13(7-9)11(15)12-10-3-2-4-10/h8-10,14H,2-7H2,1H3,(H,12,15). The number of urea groups is 1. The Hall–Kier alpha value is -0.770. The molecule has 1 aliphatic heterocycles. The number of aliphatic hydroxyl groups excluding tert-OH is 1. The van der Waals surface area contributed by atoms with E-state index in [1.54, 1.807) is 6.92 Å². The van der Waals surface area contributed by atoms with E-state index in [9.17, 15) is 9.90 Å². The molecule has 0 bridgehead atoms. The first-order valence-electron chi connectivity index (χ1n) is 5.90. The molecule has 4 nitrogen and oxygen atoms in total. The first-order chi connectivity index (χ1) is 7.16. The maximum atomic E-state index is 11.7. The molecule has 1 saturated carbocycles. The van der Waals surface area contributed by atoms with E-state index < -0.39 is 0 Å². The zero-order valence-corrected chi connectivity index (χ0v) is 9.28. The van der Waals surface area contributed by atoms with Crippen molar-refractivity contribution in [2.24, 2.45) is 5.92 Å². The lowest BCUT2D eigenvalue weighted by atomic mass is 9.93. The zero-order valence-electron chi connectivity index (χ0n) is 9.28. The molecule has 2 fully saturated rings. The first-order valence-corrected chi connectivity index (χ1v) is 5.90. The Bertz CT molecular complexity index is 239. The van der Waals surface area contributed by atoms with E-state index >= 15 is 0 Å². The number of amides is 2. The van der Waals surface area contributed by atoms with Crippen molar-refractivity contribution in [1.82, 2.24) is 10.2 Å². The van der Waals surface area contributed by atoms with Gasteiger partial charge in [-0.1, -0.05) is 0 Å². The summed E-state index contributed by atoms with van der Waals surface area (Å²) in [4.78, 5) is 13.6. The highest BCUT2D eigenvalue weighted by molar-refractivity contribution is 5.74. The van der Waals surface area contributed by atoms with Crippen LogP contribution >= 0.6 is 0 Å². The van der Waals surface area contributed by atoms with Crippen LogP contribution in [0.3, 0.4) is 0 Å². The summed E-state index contributed by atoms with van der Waals surface area (Å²) in [6.45, 7) is 3.29. The van der Waals surface area contributed by atoms with Gasteiger partial charge in [0.15, 0.2) is 0 Å². The molecule has 0 aromatic heterocycles. The molecule has 0 aromatic rings. The fraction of sp³-hybridized carbons (Fsp3) is 0.909. The minimum atomic E-state index is -0.300. The Kier molecular flexibility index (Phi) is 3.14. The topological polar surface area (TPSA) is 52.6 Å². The number of carbonyl (C=O) groups excluding carboxylic acids is 1. The molecule has 86 valence electrons. The summed E-state index contributed by atoms with van der Waals surface area (Å²) in [5.41, 5.74) is 0. The third kappa shape index (κ3) is 2.43. The summed E-state index contributed by atoms with van der Waals surface area (Å²) < 4.78 is 0. The van der Waals surface area contributed by atoms with Crippen molar-refractivity contribution in [3.63, 3.8) is 0 Å². The lowest BCUT2D eigenvalue weighted by Gasteiger charge is -2.29. The average molecular weight is 212 g/mol. The third-order valence-corrected chi connectivity index (χ3v) is 3.63. The summed E-state index contributed by atoms with van der Waals surface area (Å²) in [6.07, 6.45) is 4.11. The molecule has 2 unspecified atom stereocenters. The molecular weight excluding hydrogens is 192 g/mol. The Morgan fingerprint density at radius 1 is 1.47 bits per heavy atom. The highest BCUT2D eigenvalue weighted by Crippen LogP contribution is 2.22. The zero-order chi connectivity index (χ0) is 10.8. The van der Waals surface area contributed by atoms with Gasteiger partial charge < -0.3 is 15.3 Å². The second-order valence-corrected chi connectivity index (χ2v) is 4.81. The van der Waals surface area contributed by atoms with Crippen LogP contribution in [-0.2, 0) is 0 Å². The molecule has 0 radical (unpaired) electrons. The van der Waals surface area contributed by atoms with E-state index in [-0.39, 0.29) is 18.1 Å². The Labute approximate surface area is 90.6 Å². The molecule has 2 N–H and O–H groups in total. The average Bonchev–Trinajstić information content (AvgIpc) is 2.59. The predicted molar refractivity (Wildman–Crippen MR) is 57.5 cm³/mol. The number of hydrogen-bond donors (Lipinski definition) is 2. The van der Waals surface area contributed by atoms with Gasteiger partial charge in [0.25, 0.3) is 0 Å². The van der Waals surface area contributed by atoms with Crippen LogP contribution in [0.2, 0.25) is 0 Å². The fourth-order valence-electron chi connectivity index (χ4n) is 2.18. The maximum Gasteiger partial charge on any atom is 0.317 e. The minimum Gasteiger partial charge on any atom is -0.393 e. The molecule has 1 aliphatic carbocycles. The van der Waals surface area contributed by atoms with Gasteiger partial charge in [-0.25, -0.2) is 4.79 Å². The quantitative estimate of drug-likeness (QED) is 0.716. The number of nitrogens with zero attached hydrogens (tertiary/aromatic N) is 1. The number of carbonyl (C=O) groups is 1. The smallest absolute Gasteiger partial charge is 0.317 e. The molecular formula is C11H20N2O2. The first kappa shape index (κ1) is 10.7. The van der Waals surface area contributed by atoms with Crippen LogP contribution in [0, 0.1) is 5.92 Å². The molecule has 4 heteroatoms. The largest absolute Gasteiger partial charge is 0.393 e. The van der Waals surface area contributed by atoms with Crippen LogP contribution in [0.25, 0.3) is 0 Å². The lowest BCUT2D eigenvalue weighted by molar-refractivity contribution is 0.128. The molecule has 0 aromatic carbocycles. The summed E-state index contributed by atoms with van der Waals surface area (Å²) in [5, 5.41) is 12.5. The fourth-order valence-corrected chi connectivity index (χ4v) is 2.18. The van der Waals surface area contributed by atoms with Crippen molar-refractivity contribution in [3.05, 3.63) is 0 Å². The number of likely N-dealkylation sites (tertiary alicyclic amines) is 1. The van der Waals surface area contributed by atoms with Crippen LogP contribution in [0.5, 0.6) is 0 Å². The van der Waals surface area contributed by atoms with E-state index in [1.807, 2.05) is 4.90 Å². The van der Waals surface area contributed by atoms with Crippen LogP contribution in [0.15, 0.2) is 0 Å². The van der Waals surface area contributed by atoms with Gasteiger partial charge in [-0.15, -0.1) is 0 Å². The minimum absolute atomic E-state index is 0.0582. The van der Waals surface area contributed by atoms with Crippen LogP contribution in [0.4, 0.5) is 4.79 Å². The Morgan fingerprint density at radius 3 is 2.67 bits per heavy atom. The Balaban J connectivity index is 1.76. The summed E-state index contributed by atoms with van der Waals surface area (Å²) in [7, 11) is 0. The monoisotopic (exact) mass is 212 g/mol. The van der Waals surface area contributed by atoms with Crippen molar-refractivity contribution in [1.29, 1.82) is 0 Å². The highest BCUT2D eigenvalue weighted by atomic mass is 16.3. The Morgan fingerprint density at radius 2 is 2.20 bits per heavy atom. The molecule has 0 spiro atoms. The lowest BCUT2D eigenvalue weighted by Crippen LogP contribution is -2.46. The van der Waals surface area contributed by atoms with E-state index in [2.05, 4.69) is 5.32 Å². The van der Waals surface area contributed by atoms with Gasteiger partial charge in [0.2, 0.25) is 0 Å². The number of hydrogen-bond acceptors (Lipinski definition) is 2. The summed E-state index contributed by atoms with van der Waals surface area (Å²) in [5.74, 6) is 0.261. The van der Waals surface area contributed by atoms with E-state index in [0.717, 1.165) is 25.8 Å². The summed E-state index contributed by atoms with van der Waals surface area (Å²) >= 11 is 0. The second-order valence-electron chi connectivity index (χ2n) is 4.81. The van der Waals surface area contributed by atoms with Crippen LogP contribution < -0.4 is 5.32 Å². The third-order valence-electron chi connectivity index (χ3n) is 3.63. The van der Waals surface area contributed by atoms with Gasteiger partial charge in [0.1, 0.15) is 0 Å². The number of aliphatic hydroxyl groups is 1. The van der Waals surface area contributed by atoms with Crippen molar-refractivity contribution < 1.29 is 9.90 Å². The van der Waals surface area contributed by atoms with Crippen molar-refractivity contribution in [2.75, 3.05) is 13.1 Å². The van der Waals surface area contributed by atoms with Crippen LogP contribution in [-0.4, -0.2) is 41.3 Å². The van der Waals surface area contributed by atoms with Gasteiger partial charge in [-0.3, -0.25) is 0 Å². The van der Waals surface area contributed by atoms with Crippen molar-refractivity contribution in [2.45, 2.75) is 44.8 Å². The van der Waals surface area contributed by atoms with Crippen molar-refractivity contribution in [3.8, 4) is 0 Å². The highest BCUT2D eigenvalue weighted by Gasteiger charge is 2.30. The predicted octanol–water partition coefficient (Wildman–Crippen LogP) is 0.951. The number of nitrogens with one attached hydrogen (secondary N) is 1. The van der Waals surface area contributed by atoms with Crippen LogP contribution in [0.1, 0.15) is 32.6 Å². The molecule has 1 saturated heterocycles. The van der Waals surface area contributed by atoms with E-state index in [0.29, 0.717) is 12.6 Å². The normalized spacial score (nSPS) is 28.7. The second kappa shape index (κ2) is 4.39. The summed E-state index contributed by atoms with van der Waals surface area (Å²) in [6, 6.07) is 0.464. The molecule has 2 amide bonds. The maximum absolute atomic E-state index is 11.7. The van der Waals surface area contributed by atoms with E-state index in [4.69, 9.17) is 0 Å². The molecule has 2 aliphatic rings. The van der Waals surface area contributed by atoms with Gasteiger partial charge in [-0.2, -0.15) is 0 Å². The molecule has 15 heavy (non-hydrogen) atoms. The number of rotatable bonds is 2.